The van der Waals surface area contributed by atoms with Crippen molar-refractivity contribution in [3.8, 4) is 6.07 Å². The largest absolute Gasteiger partial charge is 0.480 e. The van der Waals surface area contributed by atoms with Gasteiger partial charge in [0.25, 0.3) is 0 Å². The number of fused-ring (bicyclic) bond motifs is 1. The zero-order valence-corrected chi connectivity index (χ0v) is 35.1. The van der Waals surface area contributed by atoms with Crippen LogP contribution in [0.5, 0.6) is 0 Å². The third-order valence-corrected chi connectivity index (χ3v) is 10.6. The SMILES string of the molecule is CCCC(CCC)C(=O)OCOP(=O)(OCOC(=O)C(CCC)CCC)OC[C@H]1O[C@@](C#N)(c2ccc3c(N)ncnn23)[C@H](OC(=O)C(C)C)[C@@H]1OC(=O)C(C)C. The first-order valence-electron chi connectivity index (χ1n) is 19.6. The molecule has 0 unspecified atom stereocenters. The molecule has 2 N–H and O–H groups in total. The van der Waals surface area contributed by atoms with Gasteiger partial charge in [-0.2, -0.15) is 10.4 Å². The highest BCUT2D eigenvalue weighted by Crippen LogP contribution is 2.51. The Morgan fingerprint density at radius 2 is 1.35 bits per heavy atom. The van der Waals surface area contributed by atoms with Gasteiger partial charge in [0.15, 0.2) is 18.0 Å². The summed E-state index contributed by atoms with van der Waals surface area (Å²) >= 11 is 0. The number of nitrogen functional groups attached to an aromatic ring is 1. The Morgan fingerprint density at radius 1 is 0.842 bits per heavy atom. The number of nitriles is 1. The van der Waals surface area contributed by atoms with Gasteiger partial charge in [-0.05, 0) is 37.8 Å². The van der Waals surface area contributed by atoms with Crippen LogP contribution in [-0.4, -0.2) is 77.0 Å². The average Bonchev–Trinajstić information content (AvgIpc) is 3.74. The first-order chi connectivity index (χ1) is 27.1. The summed E-state index contributed by atoms with van der Waals surface area (Å²) in [5.41, 5.74) is 4.20. The molecule has 4 atom stereocenters. The number of esters is 4. The minimum atomic E-state index is -4.81. The number of phosphoric ester groups is 1. The van der Waals surface area contributed by atoms with E-state index in [0.29, 0.717) is 31.2 Å². The van der Waals surface area contributed by atoms with Crippen molar-refractivity contribution in [3.63, 3.8) is 0 Å². The molecule has 0 aliphatic carbocycles. The van der Waals surface area contributed by atoms with Gasteiger partial charge in [0.05, 0.1) is 36.0 Å². The van der Waals surface area contributed by atoms with Crippen LogP contribution in [0.4, 0.5) is 5.82 Å². The summed E-state index contributed by atoms with van der Waals surface area (Å²) in [6.07, 6.45) is 1.70. The van der Waals surface area contributed by atoms with Crippen molar-refractivity contribution < 1.29 is 61.0 Å². The number of carbonyl (C=O) groups excluding carboxylic acids is 4. The van der Waals surface area contributed by atoms with Crippen LogP contribution < -0.4 is 5.73 Å². The summed E-state index contributed by atoms with van der Waals surface area (Å²) in [6, 6.07) is 5.09. The molecule has 1 saturated heterocycles. The number of hydrogen-bond donors (Lipinski definition) is 1. The van der Waals surface area contributed by atoms with Crippen LogP contribution in [0.3, 0.4) is 0 Å². The summed E-state index contributed by atoms with van der Waals surface area (Å²) in [4.78, 5) is 56.1. The topological polar surface area (TPSA) is 239 Å². The van der Waals surface area contributed by atoms with Crippen molar-refractivity contribution in [2.75, 3.05) is 25.9 Å². The summed E-state index contributed by atoms with van der Waals surface area (Å²) in [5, 5.41) is 15.1. The molecule has 3 rings (SSSR count). The number of hydrogen-bond acceptors (Lipinski definition) is 17. The standard InChI is InChI=1S/C38H58N5O13P/c1-9-13-26(14-10-2)36(46)49-22-52-57(48,53-23-50-37(47)27(15-11-3)16-12-4)51-19-29-31(54-34(44)24(5)6)32(55-35(45)25(7)8)38(20-39,56-29)30-18-17-28-33(40)41-21-42-43(28)30/h17-18,21,24-27,29,31-32H,9-16,19,22-23H2,1-8H3,(H2,40,41,42)/t29-,31-,32-,38+/m1/s1. The van der Waals surface area contributed by atoms with E-state index in [2.05, 4.69) is 16.2 Å². The smallest absolute Gasteiger partial charge is 0.455 e. The van der Waals surface area contributed by atoms with Gasteiger partial charge >= 0.3 is 31.7 Å². The molecule has 18 nitrogen and oxygen atoms in total. The van der Waals surface area contributed by atoms with Gasteiger partial charge < -0.3 is 29.4 Å². The van der Waals surface area contributed by atoms with Gasteiger partial charge in [0.2, 0.25) is 19.2 Å². The molecule has 0 radical (unpaired) electrons. The molecule has 1 fully saturated rings. The zero-order valence-electron chi connectivity index (χ0n) is 34.2. The van der Waals surface area contributed by atoms with Crippen molar-refractivity contribution in [2.24, 2.45) is 23.7 Å². The number of ether oxygens (including phenoxy) is 5. The molecule has 0 bridgehead atoms. The van der Waals surface area contributed by atoms with E-state index in [1.54, 1.807) is 27.7 Å². The Kier molecular flexibility index (Phi) is 18.3. The first kappa shape index (κ1) is 47.2. The third-order valence-electron chi connectivity index (χ3n) is 9.31. The molecule has 1 aliphatic heterocycles. The Hall–Kier alpha value is -4.14. The lowest BCUT2D eigenvalue weighted by Crippen LogP contribution is -2.47. The van der Waals surface area contributed by atoms with E-state index in [0.717, 1.165) is 32.0 Å². The molecule has 0 aromatic carbocycles. The quantitative estimate of drug-likeness (QED) is 0.0540. The molecule has 57 heavy (non-hydrogen) atoms. The second-order valence-electron chi connectivity index (χ2n) is 14.4. The number of phosphoric acid groups is 1. The van der Waals surface area contributed by atoms with Crippen LogP contribution >= 0.6 is 7.82 Å². The average molecular weight is 824 g/mol. The fourth-order valence-corrected chi connectivity index (χ4v) is 7.22. The maximum absolute atomic E-state index is 14.2. The monoisotopic (exact) mass is 823 g/mol. The van der Waals surface area contributed by atoms with Gasteiger partial charge in [0, 0.05) is 0 Å². The number of rotatable bonds is 24. The zero-order chi connectivity index (χ0) is 42.3. The molecule has 1 aliphatic rings. The second kappa shape index (κ2) is 22.1. The fraction of sp³-hybridized carbons (Fsp3) is 0.711. The van der Waals surface area contributed by atoms with Crippen molar-refractivity contribution in [3.05, 3.63) is 24.2 Å². The molecule has 0 spiro atoms. The highest BCUT2D eigenvalue weighted by atomic mass is 31.2. The summed E-state index contributed by atoms with van der Waals surface area (Å²) in [6.45, 7) is 11.6. The molecule has 3 heterocycles. The minimum Gasteiger partial charge on any atom is -0.455 e. The summed E-state index contributed by atoms with van der Waals surface area (Å²) < 4.78 is 60.8. The number of aromatic nitrogens is 3. The Morgan fingerprint density at radius 3 is 1.82 bits per heavy atom. The molecule has 318 valence electrons. The van der Waals surface area contributed by atoms with Gasteiger partial charge in [-0.25, -0.2) is 23.1 Å². The van der Waals surface area contributed by atoms with Crippen molar-refractivity contribution in [1.82, 2.24) is 14.6 Å². The number of carbonyl (C=O) groups is 4. The molecule has 0 saturated carbocycles. The van der Waals surface area contributed by atoms with Crippen LogP contribution in [0.25, 0.3) is 5.52 Å². The van der Waals surface area contributed by atoms with Crippen molar-refractivity contribution >= 4 is 43.0 Å². The Bertz CT molecular complexity index is 1700. The van der Waals surface area contributed by atoms with E-state index >= 15 is 0 Å². The molecule has 2 aromatic heterocycles. The number of nitrogens with two attached hydrogens (primary N) is 1. The van der Waals surface area contributed by atoms with E-state index in [1.807, 2.05) is 27.7 Å². The highest BCUT2D eigenvalue weighted by Gasteiger charge is 2.63. The molecule has 0 amide bonds. The van der Waals surface area contributed by atoms with Crippen molar-refractivity contribution in [1.29, 1.82) is 5.26 Å². The first-order valence-corrected chi connectivity index (χ1v) is 21.0. The highest BCUT2D eigenvalue weighted by molar-refractivity contribution is 7.48. The molecular weight excluding hydrogens is 765 g/mol. The third kappa shape index (κ3) is 12.2. The number of nitrogens with zero attached hydrogens (tertiary/aromatic N) is 4. The van der Waals surface area contributed by atoms with Gasteiger partial charge in [-0.15, -0.1) is 0 Å². The Balaban J connectivity index is 2.02. The van der Waals surface area contributed by atoms with E-state index in [1.165, 1.54) is 16.6 Å². The number of anilines is 1. The van der Waals surface area contributed by atoms with Crippen LogP contribution in [0.2, 0.25) is 0 Å². The van der Waals surface area contributed by atoms with E-state index in [-0.39, 0.29) is 11.5 Å². The maximum atomic E-state index is 14.2. The van der Waals surface area contributed by atoms with Crippen molar-refractivity contribution in [2.45, 2.75) is 131 Å². The Labute approximate surface area is 333 Å². The second-order valence-corrected chi connectivity index (χ2v) is 16.1. The summed E-state index contributed by atoms with van der Waals surface area (Å²) in [7, 11) is -4.81. The maximum Gasteiger partial charge on any atom is 0.480 e. The molecular formula is C38H58N5O13P. The lowest BCUT2D eigenvalue weighted by Gasteiger charge is -2.29. The van der Waals surface area contributed by atoms with Crippen LogP contribution in [-0.2, 0) is 66.6 Å². The van der Waals surface area contributed by atoms with Gasteiger partial charge in [-0.3, -0.25) is 23.7 Å². The molecule has 19 heteroatoms. The fourth-order valence-electron chi connectivity index (χ4n) is 6.30. The predicted molar refractivity (Wildman–Crippen MR) is 203 cm³/mol. The lowest BCUT2D eigenvalue weighted by molar-refractivity contribution is -0.173. The minimum absolute atomic E-state index is 0.0423. The summed E-state index contributed by atoms with van der Waals surface area (Å²) in [5.74, 6) is -4.76. The predicted octanol–water partition coefficient (Wildman–Crippen LogP) is 6.16. The van der Waals surface area contributed by atoms with Crippen LogP contribution in [0.15, 0.2) is 18.5 Å². The normalized spacial score (nSPS) is 19.7. The van der Waals surface area contributed by atoms with Crippen LogP contribution in [0.1, 0.15) is 112 Å². The van der Waals surface area contributed by atoms with Gasteiger partial charge in [-0.1, -0.05) is 81.1 Å². The van der Waals surface area contributed by atoms with E-state index in [4.69, 9.17) is 43.0 Å². The van der Waals surface area contributed by atoms with E-state index < -0.39 is 99.5 Å². The molecule has 2 aromatic rings. The lowest BCUT2D eigenvalue weighted by atomic mass is 9.92. The van der Waals surface area contributed by atoms with Gasteiger partial charge in [0.1, 0.15) is 24.0 Å². The van der Waals surface area contributed by atoms with E-state index in [9.17, 15) is 29.0 Å². The van der Waals surface area contributed by atoms with Crippen LogP contribution in [0, 0.1) is 35.0 Å².